The van der Waals surface area contributed by atoms with E-state index in [-0.39, 0.29) is 18.5 Å². The molecule has 186 valence electrons. The topological polar surface area (TPSA) is 86.8 Å². The number of anilines is 1. The van der Waals surface area contributed by atoms with Gasteiger partial charge < -0.3 is 10.2 Å². The fourth-order valence-corrected chi connectivity index (χ4v) is 4.70. The summed E-state index contributed by atoms with van der Waals surface area (Å²) >= 11 is 6.12. The Kier molecular flexibility index (Phi) is 9.53. The molecule has 2 amide bonds. The highest BCUT2D eigenvalue weighted by atomic mass is 35.5. The van der Waals surface area contributed by atoms with E-state index in [1.54, 1.807) is 19.1 Å². The Morgan fingerprint density at radius 1 is 1.06 bits per heavy atom. The molecule has 0 aromatic heterocycles. The molecule has 2 rings (SSSR count). The van der Waals surface area contributed by atoms with Crippen molar-refractivity contribution >= 4 is 39.1 Å². The minimum Gasteiger partial charge on any atom is -0.352 e. The molecule has 1 atom stereocenters. The zero-order valence-corrected chi connectivity index (χ0v) is 22.2. The summed E-state index contributed by atoms with van der Waals surface area (Å²) in [4.78, 5) is 28.1. The Morgan fingerprint density at radius 2 is 1.68 bits per heavy atom. The summed E-state index contributed by atoms with van der Waals surface area (Å²) in [6.45, 7) is 8.98. The molecular weight excluding hydrogens is 474 g/mol. The van der Waals surface area contributed by atoms with E-state index >= 15 is 0 Å². The van der Waals surface area contributed by atoms with Gasteiger partial charge in [0.1, 0.15) is 12.6 Å². The van der Waals surface area contributed by atoms with Crippen molar-refractivity contribution in [1.29, 1.82) is 0 Å². The van der Waals surface area contributed by atoms with E-state index in [9.17, 15) is 18.0 Å². The summed E-state index contributed by atoms with van der Waals surface area (Å²) < 4.78 is 26.4. The van der Waals surface area contributed by atoms with Crippen LogP contribution in [0.4, 0.5) is 5.69 Å². The second-order valence-electron chi connectivity index (χ2n) is 8.80. The van der Waals surface area contributed by atoms with Crippen molar-refractivity contribution in [3.05, 3.63) is 64.2 Å². The van der Waals surface area contributed by atoms with Crippen LogP contribution in [0.15, 0.2) is 42.5 Å². The minimum absolute atomic E-state index is 0.0977. The fraction of sp³-hybridized carbons (Fsp3) is 0.440. The highest BCUT2D eigenvalue weighted by Crippen LogP contribution is 2.27. The third-order valence-electron chi connectivity index (χ3n) is 5.41. The summed E-state index contributed by atoms with van der Waals surface area (Å²) in [5, 5.41) is 3.24. The molecule has 0 fully saturated rings. The summed E-state index contributed by atoms with van der Waals surface area (Å²) in [6.07, 6.45) is 1.43. The molecule has 0 aliphatic heterocycles. The SMILES string of the molecule is CC[C@H](C(=O)NC(C)C)N(Cc1ccc(C)cc1)C(=O)CN(c1cc(Cl)ccc1C)S(C)(=O)=O. The Hall–Kier alpha value is -2.58. The summed E-state index contributed by atoms with van der Waals surface area (Å²) in [7, 11) is -3.81. The largest absolute Gasteiger partial charge is 0.352 e. The first-order chi connectivity index (χ1) is 15.8. The van der Waals surface area contributed by atoms with Crippen LogP contribution in [0.1, 0.15) is 43.9 Å². The molecule has 0 aliphatic carbocycles. The van der Waals surface area contributed by atoms with Crippen LogP contribution < -0.4 is 9.62 Å². The van der Waals surface area contributed by atoms with Gasteiger partial charge in [-0.25, -0.2) is 8.42 Å². The number of hydrogen-bond donors (Lipinski definition) is 1. The Morgan fingerprint density at radius 3 is 2.21 bits per heavy atom. The number of rotatable bonds is 10. The summed E-state index contributed by atoms with van der Waals surface area (Å²) in [5.74, 6) is -0.751. The lowest BCUT2D eigenvalue weighted by molar-refractivity contribution is -0.140. The van der Waals surface area contributed by atoms with Gasteiger partial charge in [0, 0.05) is 17.6 Å². The molecule has 34 heavy (non-hydrogen) atoms. The minimum atomic E-state index is -3.81. The number of halogens is 1. The second-order valence-corrected chi connectivity index (χ2v) is 11.1. The van der Waals surface area contributed by atoms with E-state index in [4.69, 9.17) is 11.6 Å². The number of carbonyl (C=O) groups is 2. The number of amides is 2. The average Bonchev–Trinajstić information content (AvgIpc) is 2.73. The number of nitrogens with zero attached hydrogens (tertiary/aromatic N) is 2. The Labute approximate surface area is 208 Å². The third-order valence-corrected chi connectivity index (χ3v) is 6.77. The predicted molar refractivity (Wildman–Crippen MR) is 137 cm³/mol. The van der Waals surface area contributed by atoms with Gasteiger partial charge in [-0.2, -0.15) is 0 Å². The normalized spacial score (nSPS) is 12.4. The lowest BCUT2D eigenvalue weighted by Crippen LogP contribution is -2.53. The first kappa shape index (κ1) is 27.7. The van der Waals surface area contributed by atoms with Crippen molar-refractivity contribution in [1.82, 2.24) is 10.2 Å². The molecule has 0 aliphatic rings. The van der Waals surface area contributed by atoms with Crippen molar-refractivity contribution < 1.29 is 18.0 Å². The van der Waals surface area contributed by atoms with E-state index in [1.165, 1.54) is 11.0 Å². The maximum absolute atomic E-state index is 13.6. The maximum atomic E-state index is 13.6. The predicted octanol–water partition coefficient (Wildman–Crippen LogP) is 4.05. The molecule has 0 unspecified atom stereocenters. The van der Waals surface area contributed by atoms with Crippen LogP contribution in [0, 0.1) is 13.8 Å². The fourth-order valence-electron chi connectivity index (χ4n) is 3.64. The Bertz CT molecular complexity index is 1120. The van der Waals surface area contributed by atoms with Crippen molar-refractivity contribution in [2.24, 2.45) is 0 Å². The van der Waals surface area contributed by atoms with Gasteiger partial charge in [-0.1, -0.05) is 54.4 Å². The quantitative estimate of drug-likeness (QED) is 0.525. The molecule has 0 radical (unpaired) electrons. The molecule has 9 heteroatoms. The summed E-state index contributed by atoms with van der Waals surface area (Å²) in [6, 6.07) is 11.7. The van der Waals surface area contributed by atoms with Gasteiger partial charge in [0.2, 0.25) is 21.8 Å². The zero-order chi connectivity index (χ0) is 25.6. The van der Waals surface area contributed by atoms with Gasteiger partial charge in [0.25, 0.3) is 0 Å². The van der Waals surface area contributed by atoms with Crippen molar-refractivity contribution in [3.63, 3.8) is 0 Å². The van der Waals surface area contributed by atoms with Crippen molar-refractivity contribution in [3.8, 4) is 0 Å². The molecule has 0 spiro atoms. The number of carbonyl (C=O) groups excluding carboxylic acids is 2. The second kappa shape index (κ2) is 11.7. The molecule has 0 saturated carbocycles. The third kappa shape index (κ3) is 7.46. The standard InChI is InChI=1S/C25H34ClN3O4S/c1-7-22(25(31)27-17(2)3)28(15-20-11-8-18(4)9-12-20)24(30)16-29(34(6,32)33)23-14-21(26)13-10-19(23)5/h8-14,17,22H,7,15-16H2,1-6H3,(H,27,31)/t22-/m1/s1. The molecule has 2 aromatic rings. The molecule has 0 bridgehead atoms. The molecule has 2 aromatic carbocycles. The lowest BCUT2D eigenvalue weighted by atomic mass is 10.1. The number of benzene rings is 2. The van der Waals surface area contributed by atoms with E-state index in [0.29, 0.717) is 22.7 Å². The van der Waals surface area contributed by atoms with Crippen molar-refractivity contribution in [2.75, 3.05) is 17.1 Å². The van der Waals surface area contributed by atoms with Crippen LogP contribution in [0.3, 0.4) is 0 Å². The average molecular weight is 508 g/mol. The van der Waals surface area contributed by atoms with Gasteiger partial charge in [0.15, 0.2) is 0 Å². The van der Waals surface area contributed by atoms with Crippen LogP contribution >= 0.6 is 11.6 Å². The number of aryl methyl sites for hydroxylation is 2. The van der Waals surface area contributed by atoms with E-state index in [1.807, 2.05) is 52.0 Å². The van der Waals surface area contributed by atoms with Crippen molar-refractivity contribution in [2.45, 2.75) is 59.7 Å². The highest BCUT2D eigenvalue weighted by molar-refractivity contribution is 7.92. The van der Waals surface area contributed by atoms with E-state index < -0.39 is 28.5 Å². The van der Waals surface area contributed by atoms with Gasteiger partial charge in [-0.05, 0) is 57.4 Å². The maximum Gasteiger partial charge on any atom is 0.244 e. The van der Waals surface area contributed by atoms with Crippen LogP contribution in [-0.2, 0) is 26.2 Å². The van der Waals surface area contributed by atoms with Crippen LogP contribution in [0.25, 0.3) is 0 Å². The first-order valence-corrected chi connectivity index (χ1v) is 13.4. The van der Waals surface area contributed by atoms with Crippen LogP contribution in [0.5, 0.6) is 0 Å². The number of nitrogens with one attached hydrogen (secondary N) is 1. The molecule has 1 N–H and O–H groups in total. The molecular formula is C25H34ClN3O4S. The Balaban J connectivity index is 2.48. The van der Waals surface area contributed by atoms with Gasteiger partial charge in [-0.3, -0.25) is 13.9 Å². The van der Waals surface area contributed by atoms with E-state index in [0.717, 1.165) is 21.7 Å². The smallest absolute Gasteiger partial charge is 0.244 e. The van der Waals surface area contributed by atoms with Crippen LogP contribution in [0.2, 0.25) is 5.02 Å². The molecule has 0 heterocycles. The lowest BCUT2D eigenvalue weighted by Gasteiger charge is -2.33. The van der Waals surface area contributed by atoms with Crippen LogP contribution in [-0.4, -0.2) is 50.0 Å². The first-order valence-electron chi connectivity index (χ1n) is 11.2. The molecule has 7 nitrogen and oxygen atoms in total. The number of sulfonamides is 1. The summed E-state index contributed by atoms with van der Waals surface area (Å²) in [5.41, 5.74) is 2.92. The monoisotopic (exact) mass is 507 g/mol. The zero-order valence-electron chi connectivity index (χ0n) is 20.6. The van der Waals surface area contributed by atoms with Gasteiger partial charge in [0.05, 0.1) is 11.9 Å². The van der Waals surface area contributed by atoms with Gasteiger partial charge in [-0.15, -0.1) is 0 Å². The van der Waals surface area contributed by atoms with Gasteiger partial charge >= 0.3 is 0 Å². The number of hydrogen-bond acceptors (Lipinski definition) is 4. The highest BCUT2D eigenvalue weighted by Gasteiger charge is 2.32. The molecule has 0 saturated heterocycles. The van der Waals surface area contributed by atoms with E-state index in [2.05, 4.69) is 5.32 Å².